The number of benzene rings is 1. The molecule has 1 aliphatic heterocycles. The van der Waals surface area contributed by atoms with Crippen LogP contribution in [-0.2, 0) is 11.3 Å². The van der Waals surface area contributed by atoms with Crippen LogP contribution in [0.25, 0.3) is 0 Å². The van der Waals surface area contributed by atoms with Crippen molar-refractivity contribution in [1.82, 2.24) is 0 Å². The van der Waals surface area contributed by atoms with Gasteiger partial charge in [-0.15, -0.1) is 0 Å². The van der Waals surface area contributed by atoms with Crippen molar-refractivity contribution in [3.63, 3.8) is 0 Å². The molecule has 19 heavy (non-hydrogen) atoms. The van der Waals surface area contributed by atoms with Crippen molar-refractivity contribution in [2.75, 3.05) is 6.61 Å². The number of non-ortho nitro benzene ring substituents is 1. The first-order chi connectivity index (χ1) is 9.10. The van der Waals surface area contributed by atoms with Gasteiger partial charge in [0, 0.05) is 24.2 Å². The summed E-state index contributed by atoms with van der Waals surface area (Å²) in [4.78, 5) is 10.2. The smallest absolute Gasteiger partial charge is 0.270 e. The number of nitro groups is 1. The molecule has 0 aromatic heterocycles. The average molecular weight is 266 g/mol. The molecule has 6 nitrogen and oxygen atoms in total. The van der Waals surface area contributed by atoms with E-state index in [0.717, 1.165) is 12.8 Å². The molecule has 1 fully saturated rings. The van der Waals surface area contributed by atoms with Crippen molar-refractivity contribution >= 4 is 5.69 Å². The zero-order valence-electron chi connectivity index (χ0n) is 10.9. The number of rotatable bonds is 5. The second kappa shape index (κ2) is 5.99. The van der Waals surface area contributed by atoms with Gasteiger partial charge in [0.1, 0.15) is 12.4 Å². The van der Waals surface area contributed by atoms with Gasteiger partial charge >= 0.3 is 0 Å². The molecule has 2 atom stereocenters. The normalized spacial score (nSPS) is 22.4. The summed E-state index contributed by atoms with van der Waals surface area (Å²) in [7, 11) is 0. The second-order valence-electron chi connectivity index (χ2n) is 4.71. The van der Waals surface area contributed by atoms with Gasteiger partial charge in [-0.25, -0.2) is 0 Å². The summed E-state index contributed by atoms with van der Waals surface area (Å²) in [6, 6.07) is 4.47. The minimum Gasteiger partial charge on any atom is -0.491 e. The van der Waals surface area contributed by atoms with E-state index in [1.54, 1.807) is 6.07 Å². The number of nitro benzene ring substituents is 1. The van der Waals surface area contributed by atoms with Crippen molar-refractivity contribution in [3.05, 3.63) is 33.9 Å². The number of hydrogen-bond acceptors (Lipinski definition) is 5. The summed E-state index contributed by atoms with van der Waals surface area (Å²) in [5.74, 6) is 0.594. The van der Waals surface area contributed by atoms with Gasteiger partial charge in [0.2, 0.25) is 0 Å². The molecule has 0 saturated carbocycles. The Bertz CT molecular complexity index is 464. The van der Waals surface area contributed by atoms with Crippen LogP contribution in [0.3, 0.4) is 0 Å². The van der Waals surface area contributed by atoms with E-state index in [2.05, 4.69) is 0 Å². The maximum Gasteiger partial charge on any atom is 0.270 e. The van der Waals surface area contributed by atoms with Crippen LogP contribution >= 0.6 is 0 Å². The van der Waals surface area contributed by atoms with Gasteiger partial charge in [-0.2, -0.15) is 0 Å². The van der Waals surface area contributed by atoms with E-state index in [0.29, 0.717) is 17.9 Å². The molecule has 0 amide bonds. The number of nitrogens with two attached hydrogens (primary N) is 1. The summed E-state index contributed by atoms with van der Waals surface area (Å²) >= 11 is 0. The summed E-state index contributed by atoms with van der Waals surface area (Å²) < 4.78 is 11.3. The SMILES string of the molecule is CC1CCC(COc2ccc([N+](=O)[O-])cc2CN)O1. The van der Waals surface area contributed by atoms with Gasteiger partial charge in [-0.3, -0.25) is 10.1 Å². The Labute approximate surface area is 111 Å². The van der Waals surface area contributed by atoms with Gasteiger partial charge in [0.25, 0.3) is 5.69 Å². The zero-order chi connectivity index (χ0) is 13.8. The summed E-state index contributed by atoms with van der Waals surface area (Å²) in [6.45, 7) is 2.70. The fourth-order valence-electron chi connectivity index (χ4n) is 2.17. The van der Waals surface area contributed by atoms with Gasteiger partial charge in [-0.05, 0) is 25.8 Å². The highest BCUT2D eigenvalue weighted by atomic mass is 16.6. The first-order valence-corrected chi connectivity index (χ1v) is 6.35. The second-order valence-corrected chi connectivity index (χ2v) is 4.71. The van der Waals surface area contributed by atoms with E-state index in [1.165, 1.54) is 12.1 Å². The number of hydrogen-bond donors (Lipinski definition) is 1. The molecule has 2 unspecified atom stereocenters. The molecule has 0 radical (unpaired) electrons. The Morgan fingerprint density at radius 2 is 2.32 bits per heavy atom. The van der Waals surface area contributed by atoms with Crippen molar-refractivity contribution in [3.8, 4) is 5.75 Å². The quantitative estimate of drug-likeness (QED) is 0.650. The first kappa shape index (κ1) is 13.8. The molecule has 1 heterocycles. The third-order valence-electron chi connectivity index (χ3n) is 3.22. The lowest BCUT2D eigenvalue weighted by Gasteiger charge is -2.14. The van der Waals surface area contributed by atoms with Crippen LogP contribution < -0.4 is 10.5 Å². The van der Waals surface area contributed by atoms with Crippen LogP contribution in [0.5, 0.6) is 5.75 Å². The topological polar surface area (TPSA) is 87.6 Å². The summed E-state index contributed by atoms with van der Waals surface area (Å²) in [6.07, 6.45) is 2.39. The van der Waals surface area contributed by atoms with Gasteiger partial charge in [-0.1, -0.05) is 0 Å². The highest BCUT2D eigenvalue weighted by molar-refractivity contribution is 5.43. The Balaban J connectivity index is 2.01. The molecular weight excluding hydrogens is 248 g/mol. The Morgan fingerprint density at radius 3 is 2.89 bits per heavy atom. The Morgan fingerprint density at radius 1 is 1.53 bits per heavy atom. The molecule has 2 rings (SSSR count). The molecule has 6 heteroatoms. The summed E-state index contributed by atoms with van der Waals surface area (Å²) in [5.41, 5.74) is 6.26. The van der Waals surface area contributed by atoms with Crippen LogP contribution in [0.15, 0.2) is 18.2 Å². The number of nitrogens with zero attached hydrogens (tertiary/aromatic N) is 1. The fraction of sp³-hybridized carbons (Fsp3) is 0.538. The average Bonchev–Trinajstić information content (AvgIpc) is 2.81. The van der Waals surface area contributed by atoms with Crippen molar-refractivity contribution in [2.45, 2.75) is 38.5 Å². The van der Waals surface area contributed by atoms with Crippen molar-refractivity contribution in [1.29, 1.82) is 0 Å². The van der Waals surface area contributed by atoms with E-state index >= 15 is 0 Å². The molecule has 1 aromatic rings. The molecule has 0 aliphatic carbocycles. The van der Waals surface area contributed by atoms with E-state index in [9.17, 15) is 10.1 Å². The van der Waals surface area contributed by atoms with Crippen LogP contribution in [-0.4, -0.2) is 23.7 Å². The van der Waals surface area contributed by atoms with E-state index in [4.69, 9.17) is 15.2 Å². The van der Waals surface area contributed by atoms with Crippen LogP contribution in [0, 0.1) is 10.1 Å². The van der Waals surface area contributed by atoms with Gasteiger partial charge in [0.05, 0.1) is 17.1 Å². The first-order valence-electron chi connectivity index (χ1n) is 6.35. The third-order valence-corrected chi connectivity index (χ3v) is 3.22. The molecule has 1 aromatic carbocycles. The monoisotopic (exact) mass is 266 g/mol. The highest BCUT2D eigenvalue weighted by Crippen LogP contribution is 2.25. The number of ether oxygens (including phenoxy) is 2. The van der Waals surface area contributed by atoms with Crippen LogP contribution in [0.1, 0.15) is 25.3 Å². The molecule has 2 N–H and O–H groups in total. The predicted octanol–water partition coefficient (Wildman–Crippen LogP) is 2.00. The lowest BCUT2D eigenvalue weighted by molar-refractivity contribution is -0.384. The minimum atomic E-state index is -0.440. The largest absolute Gasteiger partial charge is 0.491 e. The van der Waals surface area contributed by atoms with Crippen molar-refractivity contribution in [2.24, 2.45) is 5.73 Å². The molecule has 104 valence electrons. The molecule has 0 bridgehead atoms. The van der Waals surface area contributed by atoms with Gasteiger partial charge in [0.15, 0.2) is 0 Å². The zero-order valence-corrected chi connectivity index (χ0v) is 10.9. The van der Waals surface area contributed by atoms with Crippen molar-refractivity contribution < 1.29 is 14.4 Å². The highest BCUT2D eigenvalue weighted by Gasteiger charge is 2.22. The lowest BCUT2D eigenvalue weighted by Crippen LogP contribution is -2.18. The van der Waals surface area contributed by atoms with E-state index < -0.39 is 4.92 Å². The fourth-order valence-corrected chi connectivity index (χ4v) is 2.17. The molecule has 1 saturated heterocycles. The maximum absolute atomic E-state index is 10.7. The van der Waals surface area contributed by atoms with Crippen LogP contribution in [0.4, 0.5) is 5.69 Å². The van der Waals surface area contributed by atoms with E-state index in [1.807, 2.05) is 6.92 Å². The Kier molecular flexibility index (Phi) is 4.34. The molecule has 1 aliphatic rings. The molecular formula is C13H18N2O4. The Hall–Kier alpha value is -1.66. The predicted molar refractivity (Wildman–Crippen MR) is 70.1 cm³/mol. The van der Waals surface area contributed by atoms with Gasteiger partial charge < -0.3 is 15.2 Å². The van der Waals surface area contributed by atoms with Crippen LogP contribution in [0.2, 0.25) is 0 Å². The minimum absolute atomic E-state index is 0.0264. The lowest BCUT2D eigenvalue weighted by atomic mass is 10.1. The standard InChI is InChI=1S/C13H18N2O4/c1-9-2-4-12(19-9)8-18-13-5-3-11(15(16)17)6-10(13)7-14/h3,5-6,9,12H,2,4,7-8,14H2,1H3. The van der Waals surface area contributed by atoms with E-state index in [-0.39, 0.29) is 24.4 Å². The maximum atomic E-state index is 10.7. The third kappa shape index (κ3) is 3.42. The summed E-state index contributed by atoms with van der Waals surface area (Å²) in [5, 5.41) is 10.7. The molecule has 0 spiro atoms.